The monoisotopic (exact) mass is 264 g/mol. The number of rotatable bonds is 3. The maximum atomic E-state index is 11.4. The lowest BCUT2D eigenvalue weighted by atomic mass is 10.1. The number of nitrogens with two attached hydrogens (primary N) is 1. The molecule has 0 bridgehead atoms. The van der Waals surface area contributed by atoms with E-state index in [9.17, 15) is 14.9 Å². The Balaban J connectivity index is 2.32. The molecule has 1 amide bonds. The van der Waals surface area contributed by atoms with E-state index in [0.29, 0.717) is 18.7 Å². The van der Waals surface area contributed by atoms with Crippen LogP contribution in [0.2, 0.25) is 0 Å². The average Bonchev–Trinajstić information content (AvgIpc) is 2.38. The molecule has 0 aromatic heterocycles. The Labute approximate surface area is 110 Å². The fraction of sp³-hybridized carbons (Fsp3) is 0.417. The van der Waals surface area contributed by atoms with Crippen LogP contribution in [-0.4, -0.2) is 36.5 Å². The molecular formula is C12H16N4O3. The lowest BCUT2D eigenvalue weighted by Gasteiger charge is -2.36. The normalized spacial score (nSPS) is 19.2. The highest BCUT2D eigenvalue weighted by Gasteiger charge is 2.27. The maximum Gasteiger partial charge on any atom is 0.272 e. The van der Waals surface area contributed by atoms with Crippen LogP contribution >= 0.6 is 0 Å². The molecule has 1 aliphatic heterocycles. The second kappa shape index (κ2) is 5.23. The highest BCUT2D eigenvalue weighted by Crippen LogP contribution is 2.25. The molecule has 0 aliphatic carbocycles. The molecule has 1 fully saturated rings. The van der Waals surface area contributed by atoms with Gasteiger partial charge in [-0.15, -0.1) is 0 Å². The van der Waals surface area contributed by atoms with E-state index in [1.54, 1.807) is 19.1 Å². The van der Waals surface area contributed by atoms with E-state index in [-0.39, 0.29) is 5.69 Å². The Hall–Kier alpha value is -2.15. The summed E-state index contributed by atoms with van der Waals surface area (Å²) < 4.78 is 0. The lowest BCUT2D eigenvalue weighted by Crippen LogP contribution is -2.57. The molecule has 0 spiro atoms. The number of nitrogens with zero attached hydrogens (tertiary/aromatic N) is 2. The minimum Gasteiger partial charge on any atom is -0.368 e. The molecule has 0 radical (unpaired) electrons. The summed E-state index contributed by atoms with van der Waals surface area (Å²) in [5.74, 6) is -0.400. The van der Waals surface area contributed by atoms with Crippen molar-refractivity contribution in [1.29, 1.82) is 0 Å². The van der Waals surface area contributed by atoms with Gasteiger partial charge in [-0.1, -0.05) is 0 Å². The van der Waals surface area contributed by atoms with Gasteiger partial charge in [0.25, 0.3) is 5.69 Å². The predicted octanol–water partition coefficient (Wildman–Crippen LogP) is 0.167. The number of nitro benzene ring substituents is 1. The molecule has 102 valence electrons. The first kappa shape index (κ1) is 13.3. The van der Waals surface area contributed by atoms with Crippen LogP contribution in [-0.2, 0) is 4.79 Å². The van der Waals surface area contributed by atoms with Crippen LogP contribution in [0.25, 0.3) is 0 Å². The summed E-state index contributed by atoms with van der Waals surface area (Å²) in [7, 11) is 0. The van der Waals surface area contributed by atoms with E-state index >= 15 is 0 Å². The fourth-order valence-electron chi connectivity index (χ4n) is 2.29. The van der Waals surface area contributed by atoms with Gasteiger partial charge < -0.3 is 16.0 Å². The molecule has 7 nitrogen and oxygen atoms in total. The molecule has 19 heavy (non-hydrogen) atoms. The largest absolute Gasteiger partial charge is 0.368 e. The third kappa shape index (κ3) is 2.65. The number of piperazine rings is 1. The highest BCUT2D eigenvalue weighted by atomic mass is 16.6. The van der Waals surface area contributed by atoms with Crippen LogP contribution in [0.15, 0.2) is 18.2 Å². The second-order valence-corrected chi connectivity index (χ2v) is 4.54. The molecule has 0 saturated carbocycles. The number of nitrogens with one attached hydrogen (secondary N) is 1. The Morgan fingerprint density at radius 1 is 1.58 bits per heavy atom. The van der Waals surface area contributed by atoms with Gasteiger partial charge in [0, 0.05) is 37.0 Å². The van der Waals surface area contributed by atoms with Crippen LogP contribution in [0.5, 0.6) is 0 Å². The van der Waals surface area contributed by atoms with E-state index in [0.717, 1.165) is 12.2 Å². The van der Waals surface area contributed by atoms with Gasteiger partial charge >= 0.3 is 0 Å². The van der Waals surface area contributed by atoms with Gasteiger partial charge in [-0.2, -0.15) is 0 Å². The number of carbonyl (C=O) groups excluding carboxylic acids is 1. The van der Waals surface area contributed by atoms with Gasteiger partial charge in [-0.05, 0) is 19.1 Å². The molecule has 1 aromatic carbocycles. The van der Waals surface area contributed by atoms with Crippen LogP contribution in [0, 0.1) is 17.0 Å². The zero-order valence-electron chi connectivity index (χ0n) is 10.6. The quantitative estimate of drug-likeness (QED) is 0.598. The van der Waals surface area contributed by atoms with Crippen molar-refractivity contribution in [3.05, 3.63) is 33.9 Å². The van der Waals surface area contributed by atoms with Gasteiger partial charge in [0.15, 0.2) is 0 Å². The summed E-state index contributed by atoms with van der Waals surface area (Å²) >= 11 is 0. The molecule has 1 saturated heterocycles. The van der Waals surface area contributed by atoms with Crippen molar-refractivity contribution in [3.8, 4) is 0 Å². The van der Waals surface area contributed by atoms with Gasteiger partial charge in [0.1, 0.15) is 6.04 Å². The zero-order chi connectivity index (χ0) is 14.0. The number of anilines is 1. The van der Waals surface area contributed by atoms with E-state index in [2.05, 4.69) is 5.32 Å². The smallest absolute Gasteiger partial charge is 0.272 e. The van der Waals surface area contributed by atoms with Gasteiger partial charge in [-0.25, -0.2) is 0 Å². The van der Waals surface area contributed by atoms with Crippen molar-refractivity contribution < 1.29 is 9.72 Å². The summed E-state index contributed by atoms with van der Waals surface area (Å²) in [6.07, 6.45) is 0. The SMILES string of the molecule is Cc1cc(N2CCNCC2C(N)=O)ccc1[N+](=O)[O-]. The molecule has 3 N–H and O–H groups in total. The van der Waals surface area contributed by atoms with Crippen LogP contribution < -0.4 is 16.0 Å². The Kier molecular flexibility index (Phi) is 3.66. The minimum absolute atomic E-state index is 0.0782. The van der Waals surface area contributed by atoms with E-state index < -0.39 is 16.9 Å². The zero-order valence-corrected chi connectivity index (χ0v) is 10.6. The van der Waals surface area contributed by atoms with Crippen LogP contribution in [0.1, 0.15) is 5.56 Å². The summed E-state index contributed by atoms with van der Waals surface area (Å²) in [4.78, 5) is 23.7. The van der Waals surface area contributed by atoms with Crippen molar-refractivity contribution in [2.75, 3.05) is 24.5 Å². The number of hydrogen-bond donors (Lipinski definition) is 2. The Bertz CT molecular complexity index is 518. The fourth-order valence-corrected chi connectivity index (χ4v) is 2.29. The predicted molar refractivity (Wildman–Crippen MR) is 71.0 cm³/mol. The first-order valence-corrected chi connectivity index (χ1v) is 6.02. The lowest BCUT2D eigenvalue weighted by molar-refractivity contribution is -0.385. The topological polar surface area (TPSA) is 102 Å². The third-order valence-corrected chi connectivity index (χ3v) is 3.28. The van der Waals surface area contributed by atoms with E-state index in [1.165, 1.54) is 6.07 Å². The van der Waals surface area contributed by atoms with Crippen molar-refractivity contribution in [2.24, 2.45) is 5.73 Å². The van der Waals surface area contributed by atoms with Gasteiger partial charge in [0.2, 0.25) is 5.91 Å². The van der Waals surface area contributed by atoms with Crippen LogP contribution in [0.4, 0.5) is 11.4 Å². The standard InChI is InChI=1S/C12H16N4O3/c1-8-6-9(2-3-10(8)16(18)19)15-5-4-14-7-11(15)12(13)17/h2-3,6,11,14H,4-5,7H2,1H3,(H2,13,17). The van der Waals surface area contributed by atoms with Crippen LogP contribution in [0.3, 0.4) is 0 Å². The minimum atomic E-state index is -0.422. The molecule has 1 atom stereocenters. The molecule has 1 unspecified atom stereocenters. The first-order valence-electron chi connectivity index (χ1n) is 6.02. The number of carbonyl (C=O) groups is 1. The number of aryl methyl sites for hydroxylation is 1. The summed E-state index contributed by atoms with van der Waals surface area (Å²) in [5, 5.41) is 13.9. The van der Waals surface area contributed by atoms with E-state index in [4.69, 9.17) is 5.73 Å². The molecule has 2 rings (SSSR count). The van der Waals surface area contributed by atoms with Crippen molar-refractivity contribution in [1.82, 2.24) is 5.32 Å². The van der Waals surface area contributed by atoms with Crippen molar-refractivity contribution in [2.45, 2.75) is 13.0 Å². The summed E-state index contributed by atoms with van der Waals surface area (Å²) in [6.45, 7) is 3.57. The summed E-state index contributed by atoms with van der Waals surface area (Å²) in [6, 6.07) is 4.42. The molecule has 1 aromatic rings. The molecule has 1 heterocycles. The number of hydrogen-bond acceptors (Lipinski definition) is 5. The second-order valence-electron chi connectivity index (χ2n) is 4.54. The van der Waals surface area contributed by atoms with Crippen molar-refractivity contribution in [3.63, 3.8) is 0 Å². The number of benzene rings is 1. The number of nitro groups is 1. The molecule has 7 heteroatoms. The number of primary amides is 1. The van der Waals surface area contributed by atoms with Gasteiger partial charge in [-0.3, -0.25) is 14.9 Å². The summed E-state index contributed by atoms with van der Waals surface area (Å²) in [5.41, 5.74) is 6.82. The Morgan fingerprint density at radius 2 is 2.32 bits per heavy atom. The molecular weight excluding hydrogens is 248 g/mol. The first-order chi connectivity index (χ1) is 9.00. The number of amides is 1. The highest BCUT2D eigenvalue weighted by molar-refractivity contribution is 5.84. The van der Waals surface area contributed by atoms with Crippen molar-refractivity contribution >= 4 is 17.3 Å². The maximum absolute atomic E-state index is 11.4. The third-order valence-electron chi connectivity index (χ3n) is 3.28. The van der Waals surface area contributed by atoms with E-state index in [1.807, 2.05) is 4.90 Å². The average molecular weight is 264 g/mol. The Morgan fingerprint density at radius 3 is 2.89 bits per heavy atom. The molecule has 1 aliphatic rings. The van der Waals surface area contributed by atoms with Gasteiger partial charge in [0.05, 0.1) is 4.92 Å².